The molecule has 2 aromatic rings. The Labute approximate surface area is 120 Å². The number of ether oxygens (including phenoxy) is 1. The van der Waals surface area contributed by atoms with Crippen LogP contribution in [-0.4, -0.2) is 31.1 Å². The van der Waals surface area contributed by atoms with Crippen LogP contribution in [0.25, 0.3) is 0 Å². The van der Waals surface area contributed by atoms with E-state index in [-0.39, 0.29) is 0 Å². The fourth-order valence-electron chi connectivity index (χ4n) is 2.62. The molecule has 20 heavy (non-hydrogen) atoms. The topological polar surface area (TPSA) is 25.6 Å². The van der Waals surface area contributed by atoms with Crippen LogP contribution in [0.15, 0.2) is 47.1 Å². The molecule has 1 aliphatic heterocycles. The molecule has 3 heteroatoms. The van der Waals surface area contributed by atoms with Crippen LogP contribution in [0.4, 0.5) is 0 Å². The number of furan rings is 1. The van der Waals surface area contributed by atoms with Gasteiger partial charge in [-0.1, -0.05) is 12.1 Å². The summed E-state index contributed by atoms with van der Waals surface area (Å²) >= 11 is 0. The van der Waals surface area contributed by atoms with E-state index in [1.54, 1.807) is 6.26 Å². The Morgan fingerprint density at radius 2 is 1.85 bits per heavy atom. The Balaban J connectivity index is 1.46. The molecule has 0 spiro atoms. The van der Waals surface area contributed by atoms with Crippen molar-refractivity contribution in [1.82, 2.24) is 4.90 Å². The molecule has 1 saturated heterocycles. The van der Waals surface area contributed by atoms with Crippen molar-refractivity contribution < 1.29 is 9.15 Å². The zero-order valence-electron chi connectivity index (χ0n) is 11.8. The van der Waals surface area contributed by atoms with Gasteiger partial charge < -0.3 is 9.15 Å². The van der Waals surface area contributed by atoms with E-state index < -0.39 is 0 Å². The second-order valence-electron chi connectivity index (χ2n) is 5.30. The Bertz CT molecular complexity index is 498. The van der Waals surface area contributed by atoms with Gasteiger partial charge in [0, 0.05) is 13.0 Å². The van der Waals surface area contributed by atoms with Gasteiger partial charge in [0.25, 0.3) is 0 Å². The van der Waals surface area contributed by atoms with Gasteiger partial charge in [0.05, 0.1) is 6.26 Å². The van der Waals surface area contributed by atoms with E-state index in [4.69, 9.17) is 9.15 Å². The molecule has 0 unspecified atom stereocenters. The maximum atomic E-state index is 5.79. The summed E-state index contributed by atoms with van der Waals surface area (Å²) in [5.41, 5.74) is 1.24. The van der Waals surface area contributed by atoms with Crippen molar-refractivity contribution in [3.05, 3.63) is 54.0 Å². The number of likely N-dealkylation sites (tertiary alicyclic amines) is 1. The first-order valence-corrected chi connectivity index (χ1v) is 7.37. The van der Waals surface area contributed by atoms with Gasteiger partial charge in [-0.15, -0.1) is 0 Å². The third-order valence-corrected chi connectivity index (χ3v) is 3.76. The lowest BCUT2D eigenvalue weighted by molar-refractivity contribution is 0.238. The highest BCUT2D eigenvalue weighted by molar-refractivity contribution is 5.29. The van der Waals surface area contributed by atoms with Gasteiger partial charge in [0.1, 0.15) is 18.1 Å². The molecule has 0 atom stereocenters. The molecular formula is C17H21NO2. The minimum absolute atomic E-state index is 0.775. The quantitative estimate of drug-likeness (QED) is 0.805. The van der Waals surface area contributed by atoms with Crippen LogP contribution in [0.2, 0.25) is 0 Å². The average Bonchev–Trinajstić information content (AvgIpc) is 3.14. The number of rotatable bonds is 6. The Morgan fingerprint density at radius 3 is 2.55 bits per heavy atom. The molecule has 2 heterocycles. The van der Waals surface area contributed by atoms with E-state index >= 15 is 0 Å². The van der Waals surface area contributed by atoms with Crippen molar-refractivity contribution in [2.24, 2.45) is 0 Å². The molecule has 0 radical (unpaired) electrons. The number of hydrogen-bond acceptors (Lipinski definition) is 3. The van der Waals surface area contributed by atoms with Crippen LogP contribution in [0.1, 0.15) is 24.2 Å². The van der Waals surface area contributed by atoms with Crippen molar-refractivity contribution in [2.75, 3.05) is 26.2 Å². The highest BCUT2D eigenvalue weighted by Crippen LogP contribution is 2.16. The molecule has 1 aliphatic rings. The van der Waals surface area contributed by atoms with Gasteiger partial charge in [0.15, 0.2) is 0 Å². The molecule has 1 fully saturated rings. The zero-order chi connectivity index (χ0) is 13.6. The molecular weight excluding hydrogens is 250 g/mol. The summed E-state index contributed by atoms with van der Waals surface area (Å²) in [4.78, 5) is 2.46. The molecule has 3 rings (SSSR count). The van der Waals surface area contributed by atoms with Crippen molar-refractivity contribution in [2.45, 2.75) is 19.3 Å². The molecule has 0 N–H and O–H groups in total. The zero-order valence-corrected chi connectivity index (χ0v) is 11.8. The van der Waals surface area contributed by atoms with Crippen LogP contribution in [0, 0.1) is 0 Å². The van der Waals surface area contributed by atoms with Gasteiger partial charge in [-0.3, -0.25) is 4.90 Å². The molecule has 0 saturated carbocycles. The van der Waals surface area contributed by atoms with Gasteiger partial charge in [-0.2, -0.15) is 0 Å². The fraction of sp³-hybridized carbons (Fsp3) is 0.412. The molecule has 0 bridgehead atoms. The molecule has 0 aliphatic carbocycles. The Morgan fingerprint density at radius 1 is 1.05 bits per heavy atom. The first-order valence-electron chi connectivity index (χ1n) is 7.37. The van der Waals surface area contributed by atoms with Gasteiger partial charge >= 0.3 is 0 Å². The summed E-state index contributed by atoms with van der Waals surface area (Å²) in [6.45, 7) is 4.27. The van der Waals surface area contributed by atoms with Crippen molar-refractivity contribution in [1.29, 1.82) is 0 Å². The van der Waals surface area contributed by atoms with Crippen LogP contribution in [-0.2, 0) is 6.42 Å². The first kappa shape index (κ1) is 13.3. The maximum Gasteiger partial charge on any atom is 0.119 e. The third kappa shape index (κ3) is 3.64. The van der Waals surface area contributed by atoms with Crippen LogP contribution in [0.5, 0.6) is 5.75 Å². The summed E-state index contributed by atoms with van der Waals surface area (Å²) in [5, 5.41) is 0. The van der Waals surface area contributed by atoms with Crippen LogP contribution < -0.4 is 4.74 Å². The minimum Gasteiger partial charge on any atom is -0.492 e. The lowest BCUT2D eigenvalue weighted by atomic mass is 10.1. The van der Waals surface area contributed by atoms with Crippen LogP contribution >= 0.6 is 0 Å². The van der Waals surface area contributed by atoms with E-state index in [0.29, 0.717) is 0 Å². The second-order valence-corrected chi connectivity index (χ2v) is 5.30. The van der Waals surface area contributed by atoms with E-state index in [1.165, 1.54) is 31.5 Å². The predicted molar refractivity (Wildman–Crippen MR) is 79.1 cm³/mol. The number of nitrogens with zero attached hydrogens (tertiary/aromatic N) is 1. The van der Waals surface area contributed by atoms with E-state index in [1.807, 2.05) is 24.3 Å². The first-order chi connectivity index (χ1) is 9.90. The summed E-state index contributed by atoms with van der Waals surface area (Å²) in [6, 6.07) is 12.2. The number of benzene rings is 1. The molecule has 1 aromatic heterocycles. The summed E-state index contributed by atoms with van der Waals surface area (Å²) in [7, 11) is 0. The Hall–Kier alpha value is -1.74. The average molecular weight is 271 g/mol. The lowest BCUT2D eigenvalue weighted by Gasteiger charge is -2.15. The summed E-state index contributed by atoms with van der Waals surface area (Å²) in [6.07, 6.45) is 5.22. The van der Waals surface area contributed by atoms with E-state index in [2.05, 4.69) is 17.0 Å². The smallest absolute Gasteiger partial charge is 0.119 e. The molecule has 1 aromatic carbocycles. The second kappa shape index (κ2) is 6.62. The van der Waals surface area contributed by atoms with Gasteiger partial charge in [-0.05, 0) is 55.8 Å². The lowest BCUT2D eigenvalue weighted by Crippen LogP contribution is -2.25. The standard InChI is InChI=1S/C17H21NO2/c1-2-10-18(9-1)11-13-20-16-7-5-15(6-8-16)14-17-4-3-12-19-17/h3-8,12H,1-2,9-11,13-14H2. The largest absolute Gasteiger partial charge is 0.492 e. The molecule has 106 valence electrons. The normalized spacial score (nSPS) is 15.6. The van der Waals surface area contributed by atoms with E-state index in [9.17, 15) is 0 Å². The fourth-order valence-corrected chi connectivity index (χ4v) is 2.62. The predicted octanol–water partition coefficient (Wildman–Crippen LogP) is 3.35. The highest BCUT2D eigenvalue weighted by atomic mass is 16.5. The molecule has 3 nitrogen and oxygen atoms in total. The van der Waals surface area contributed by atoms with Crippen molar-refractivity contribution >= 4 is 0 Å². The SMILES string of the molecule is c1coc(Cc2ccc(OCCN3CCCC3)cc2)c1. The monoisotopic (exact) mass is 271 g/mol. The molecule has 0 amide bonds. The maximum absolute atomic E-state index is 5.79. The van der Waals surface area contributed by atoms with Crippen molar-refractivity contribution in [3.63, 3.8) is 0 Å². The summed E-state index contributed by atoms with van der Waals surface area (Å²) < 4.78 is 11.1. The van der Waals surface area contributed by atoms with Crippen molar-refractivity contribution in [3.8, 4) is 5.75 Å². The minimum atomic E-state index is 0.775. The van der Waals surface area contributed by atoms with Crippen LogP contribution in [0.3, 0.4) is 0 Å². The third-order valence-electron chi connectivity index (χ3n) is 3.76. The number of hydrogen-bond donors (Lipinski definition) is 0. The van der Waals surface area contributed by atoms with Gasteiger partial charge in [0.2, 0.25) is 0 Å². The highest BCUT2D eigenvalue weighted by Gasteiger charge is 2.10. The Kier molecular flexibility index (Phi) is 4.38. The van der Waals surface area contributed by atoms with Gasteiger partial charge in [-0.25, -0.2) is 0 Å². The summed E-state index contributed by atoms with van der Waals surface area (Å²) in [5.74, 6) is 1.94. The van der Waals surface area contributed by atoms with E-state index in [0.717, 1.165) is 31.1 Å².